The molecule has 1 aliphatic rings. The Hall–Kier alpha value is 0.170. The molecule has 1 heterocycles. The van der Waals surface area contributed by atoms with Crippen LogP contribution in [0.2, 0.25) is 0 Å². The molecule has 0 aromatic carbocycles. The summed E-state index contributed by atoms with van der Waals surface area (Å²) in [5.41, 5.74) is -0.190. The molecule has 0 unspecified atom stereocenters. The average molecular weight is 220 g/mol. The van der Waals surface area contributed by atoms with E-state index in [4.69, 9.17) is 4.74 Å². The molecule has 76 valence electrons. The third-order valence-electron chi connectivity index (χ3n) is 2.30. The second-order valence-electron chi connectivity index (χ2n) is 3.29. The van der Waals surface area contributed by atoms with Crippen molar-refractivity contribution < 1.29 is 9.53 Å². The highest BCUT2D eigenvalue weighted by molar-refractivity contribution is 8.77. The van der Waals surface area contributed by atoms with E-state index in [0.717, 1.165) is 24.3 Å². The van der Waals surface area contributed by atoms with Crippen LogP contribution < -0.4 is 0 Å². The second-order valence-corrected chi connectivity index (χ2v) is 5.76. The van der Waals surface area contributed by atoms with Gasteiger partial charge in [-0.15, -0.1) is 0 Å². The molecule has 0 spiro atoms. The van der Waals surface area contributed by atoms with Crippen molar-refractivity contribution in [3.63, 3.8) is 0 Å². The summed E-state index contributed by atoms with van der Waals surface area (Å²) in [5, 5.41) is 0. The van der Waals surface area contributed by atoms with Crippen LogP contribution in [0, 0.1) is 5.41 Å². The normalized spacial score (nSPS) is 20.2. The molecule has 13 heavy (non-hydrogen) atoms. The van der Waals surface area contributed by atoms with Crippen LogP contribution in [0.4, 0.5) is 0 Å². The zero-order valence-corrected chi connectivity index (χ0v) is 9.80. The molecule has 0 saturated carbocycles. The molecule has 1 aliphatic heterocycles. The summed E-state index contributed by atoms with van der Waals surface area (Å²) in [6.07, 6.45) is 1.81. The van der Waals surface area contributed by atoms with Gasteiger partial charge in [-0.2, -0.15) is 0 Å². The SMILES string of the molecule is CCCOC(=O)C1(CC)CSSC1. The van der Waals surface area contributed by atoms with E-state index in [1.807, 2.05) is 6.92 Å². The molecule has 0 aromatic rings. The number of carbonyl (C=O) groups excluding carboxylic acids is 1. The van der Waals surface area contributed by atoms with Gasteiger partial charge in [-0.25, -0.2) is 0 Å². The Morgan fingerprint density at radius 3 is 2.46 bits per heavy atom. The average Bonchev–Trinajstić information content (AvgIpc) is 2.63. The smallest absolute Gasteiger partial charge is 0.313 e. The van der Waals surface area contributed by atoms with E-state index in [9.17, 15) is 4.79 Å². The molecule has 4 heteroatoms. The van der Waals surface area contributed by atoms with E-state index >= 15 is 0 Å². The van der Waals surface area contributed by atoms with Crippen LogP contribution in [0.1, 0.15) is 26.7 Å². The molecule has 1 rings (SSSR count). The van der Waals surface area contributed by atoms with E-state index in [0.29, 0.717) is 6.61 Å². The second kappa shape index (κ2) is 5.15. The Balaban J connectivity index is 2.49. The maximum absolute atomic E-state index is 11.7. The minimum Gasteiger partial charge on any atom is -0.465 e. The minimum absolute atomic E-state index is 0.00866. The van der Waals surface area contributed by atoms with E-state index < -0.39 is 0 Å². The van der Waals surface area contributed by atoms with Gasteiger partial charge in [0.05, 0.1) is 12.0 Å². The molecule has 0 amide bonds. The number of esters is 1. The van der Waals surface area contributed by atoms with E-state index in [1.54, 1.807) is 21.6 Å². The first-order valence-corrected chi connectivity index (χ1v) is 7.15. The summed E-state index contributed by atoms with van der Waals surface area (Å²) < 4.78 is 5.20. The van der Waals surface area contributed by atoms with Crippen LogP contribution in [-0.2, 0) is 9.53 Å². The third-order valence-corrected chi connectivity index (χ3v) is 5.02. The molecule has 1 fully saturated rings. The van der Waals surface area contributed by atoms with Crippen molar-refractivity contribution in [1.29, 1.82) is 0 Å². The van der Waals surface area contributed by atoms with Crippen molar-refractivity contribution in [2.24, 2.45) is 5.41 Å². The molecule has 0 radical (unpaired) electrons. The number of hydrogen-bond acceptors (Lipinski definition) is 4. The molecule has 0 N–H and O–H groups in total. The van der Waals surface area contributed by atoms with Crippen molar-refractivity contribution in [2.75, 3.05) is 18.1 Å². The summed E-state index contributed by atoms with van der Waals surface area (Å²) in [4.78, 5) is 11.7. The molecule has 2 nitrogen and oxygen atoms in total. The van der Waals surface area contributed by atoms with Crippen molar-refractivity contribution in [2.45, 2.75) is 26.7 Å². The fraction of sp³-hybridized carbons (Fsp3) is 0.889. The van der Waals surface area contributed by atoms with Crippen molar-refractivity contribution in [3.05, 3.63) is 0 Å². The van der Waals surface area contributed by atoms with Gasteiger partial charge >= 0.3 is 5.97 Å². The van der Waals surface area contributed by atoms with Gasteiger partial charge in [0.25, 0.3) is 0 Å². The van der Waals surface area contributed by atoms with Gasteiger partial charge < -0.3 is 4.74 Å². The minimum atomic E-state index is -0.190. The van der Waals surface area contributed by atoms with Gasteiger partial charge in [0.2, 0.25) is 0 Å². The van der Waals surface area contributed by atoms with Crippen molar-refractivity contribution >= 4 is 27.6 Å². The first-order chi connectivity index (χ1) is 6.25. The van der Waals surface area contributed by atoms with Crippen LogP contribution in [-0.4, -0.2) is 24.1 Å². The topological polar surface area (TPSA) is 26.3 Å². The lowest BCUT2D eigenvalue weighted by atomic mass is 9.90. The van der Waals surface area contributed by atoms with Crippen molar-refractivity contribution in [3.8, 4) is 0 Å². The number of carbonyl (C=O) groups is 1. The lowest BCUT2D eigenvalue weighted by Gasteiger charge is -2.22. The van der Waals surface area contributed by atoms with Crippen LogP contribution >= 0.6 is 21.6 Å². The predicted molar refractivity (Wildman–Crippen MR) is 58.9 cm³/mol. The van der Waals surface area contributed by atoms with Crippen LogP contribution in [0.3, 0.4) is 0 Å². The molecule has 0 aliphatic carbocycles. The van der Waals surface area contributed by atoms with Gasteiger partial charge in [0.1, 0.15) is 0 Å². The maximum atomic E-state index is 11.7. The molecular weight excluding hydrogens is 204 g/mol. The van der Waals surface area contributed by atoms with E-state index in [1.165, 1.54) is 0 Å². The van der Waals surface area contributed by atoms with Crippen LogP contribution in [0.15, 0.2) is 0 Å². The highest BCUT2D eigenvalue weighted by Gasteiger charge is 2.42. The monoisotopic (exact) mass is 220 g/mol. The first kappa shape index (κ1) is 11.2. The Bertz CT molecular complexity index is 176. The zero-order valence-electron chi connectivity index (χ0n) is 8.17. The molecule has 0 atom stereocenters. The largest absolute Gasteiger partial charge is 0.465 e. The number of hydrogen-bond donors (Lipinski definition) is 0. The molecule has 0 aromatic heterocycles. The number of rotatable bonds is 4. The van der Waals surface area contributed by atoms with Crippen molar-refractivity contribution in [1.82, 2.24) is 0 Å². The summed E-state index contributed by atoms with van der Waals surface area (Å²) >= 11 is 0. The fourth-order valence-corrected chi connectivity index (χ4v) is 4.61. The lowest BCUT2D eigenvalue weighted by Crippen LogP contribution is -2.34. The Kier molecular flexibility index (Phi) is 4.46. The van der Waals surface area contributed by atoms with Crippen LogP contribution in [0.5, 0.6) is 0 Å². The predicted octanol–water partition coefficient (Wildman–Crippen LogP) is 2.73. The Morgan fingerprint density at radius 2 is 2.00 bits per heavy atom. The van der Waals surface area contributed by atoms with Gasteiger partial charge in [0.15, 0.2) is 0 Å². The van der Waals surface area contributed by atoms with Gasteiger partial charge in [-0.1, -0.05) is 35.4 Å². The van der Waals surface area contributed by atoms with E-state index in [-0.39, 0.29) is 11.4 Å². The summed E-state index contributed by atoms with van der Waals surface area (Å²) in [7, 11) is 3.57. The zero-order chi connectivity index (χ0) is 9.73. The molecular formula is C9H16O2S2. The lowest BCUT2D eigenvalue weighted by molar-refractivity contribution is -0.153. The Labute approximate surface area is 87.6 Å². The third kappa shape index (κ3) is 2.56. The summed E-state index contributed by atoms with van der Waals surface area (Å²) in [6.45, 7) is 4.65. The standard InChI is InChI=1S/C9H16O2S2/c1-3-5-11-8(10)9(4-2)6-12-13-7-9/h3-7H2,1-2H3. The maximum Gasteiger partial charge on any atom is 0.313 e. The van der Waals surface area contributed by atoms with Gasteiger partial charge in [0, 0.05) is 11.5 Å². The summed E-state index contributed by atoms with van der Waals surface area (Å²) in [6, 6.07) is 0. The number of ether oxygens (including phenoxy) is 1. The highest BCUT2D eigenvalue weighted by Crippen LogP contribution is 2.45. The molecule has 1 saturated heterocycles. The van der Waals surface area contributed by atoms with Gasteiger partial charge in [-0.05, 0) is 12.8 Å². The fourth-order valence-electron chi connectivity index (χ4n) is 1.16. The highest BCUT2D eigenvalue weighted by atomic mass is 33.1. The Morgan fingerprint density at radius 1 is 1.38 bits per heavy atom. The van der Waals surface area contributed by atoms with E-state index in [2.05, 4.69) is 6.92 Å². The summed E-state index contributed by atoms with van der Waals surface area (Å²) in [5.74, 6) is 1.84. The first-order valence-electron chi connectivity index (χ1n) is 4.67. The quantitative estimate of drug-likeness (QED) is 0.537. The van der Waals surface area contributed by atoms with Gasteiger partial charge in [-0.3, -0.25) is 4.79 Å². The molecule has 0 bridgehead atoms. The van der Waals surface area contributed by atoms with Crippen LogP contribution in [0.25, 0.3) is 0 Å².